The van der Waals surface area contributed by atoms with Gasteiger partial charge in [-0.3, -0.25) is 13.9 Å². The molecule has 132 valence electrons. The molecule has 4 aromatic rings. The summed E-state index contributed by atoms with van der Waals surface area (Å²) < 4.78 is 9.44. The van der Waals surface area contributed by atoms with Crippen molar-refractivity contribution < 1.29 is 4.52 Å². The standard InChI is InChI=1S/C17H14ClN5O3/c1-21-15-14(16(24)22(2)17(21)25)23(9-19-15)8-12-7-13(26-20-12)10-3-5-11(18)6-4-10/h3-7,9H,8H2,1-2H3. The van der Waals surface area contributed by atoms with Crippen LogP contribution in [0, 0.1) is 0 Å². The molecule has 8 nitrogen and oxygen atoms in total. The Morgan fingerprint density at radius 2 is 1.85 bits per heavy atom. The molecule has 0 fully saturated rings. The third-order valence-electron chi connectivity index (χ3n) is 4.24. The molecule has 0 N–H and O–H groups in total. The van der Waals surface area contributed by atoms with Gasteiger partial charge in [0.1, 0.15) is 5.69 Å². The number of hydrogen-bond acceptors (Lipinski definition) is 5. The minimum Gasteiger partial charge on any atom is -0.356 e. The first-order valence-electron chi connectivity index (χ1n) is 7.78. The quantitative estimate of drug-likeness (QED) is 0.548. The van der Waals surface area contributed by atoms with Crippen molar-refractivity contribution in [3.05, 3.63) is 68.2 Å². The van der Waals surface area contributed by atoms with Crippen molar-refractivity contribution in [3.63, 3.8) is 0 Å². The number of aryl methyl sites for hydroxylation is 1. The van der Waals surface area contributed by atoms with Crippen molar-refractivity contribution in [2.75, 3.05) is 0 Å². The molecule has 26 heavy (non-hydrogen) atoms. The van der Waals surface area contributed by atoms with Crippen molar-refractivity contribution in [1.29, 1.82) is 0 Å². The lowest BCUT2D eigenvalue weighted by Crippen LogP contribution is -2.37. The van der Waals surface area contributed by atoms with Crippen molar-refractivity contribution in [3.8, 4) is 11.3 Å². The molecule has 0 amide bonds. The van der Waals surface area contributed by atoms with E-state index in [4.69, 9.17) is 16.1 Å². The number of fused-ring (bicyclic) bond motifs is 1. The second kappa shape index (κ2) is 5.99. The summed E-state index contributed by atoms with van der Waals surface area (Å²) in [5, 5.41) is 4.69. The molecule has 3 aromatic heterocycles. The van der Waals surface area contributed by atoms with Crippen molar-refractivity contribution in [1.82, 2.24) is 23.8 Å². The maximum atomic E-state index is 12.5. The van der Waals surface area contributed by atoms with E-state index in [2.05, 4.69) is 10.1 Å². The third-order valence-corrected chi connectivity index (χ3v) is 4.49. The van der Waals surface area contributed by atoms with Gasteiger partial charge in [0, 0.05) is 30.7 Å². The molecule has 0 spiro atoms. The maximum absolute atomic E-state index is 12.5. The lowest BCUT2D eigenvalue weighted by Gasteiger charge is -2.05. The molecular formula is C17H14ClN5O3. The topological polar surface area (TPSA) is 87.8 Å². The van der Waals surface area contributed by atoms with Gasteiger partial charge in [-0.15, -0.1) is 0 Å². The lowest BCUT2D eigenvalue weighted by molar-refractivity contribution is 0.421. The summed E-state index contributed by atoms with van der Waals surface area (Å²) in [4.78, 5) is 28.7. The summed E-state index contributed by atoms with van der Waals surface area (Å²) in [6.07, 6.45) is 1.52. The highest BCUT2D eigenvalue weighted by molar-refractivity contribution is 6.30. The smallest absolute Gasteiger partial charge is 0.332 e. The number of benzene rings is 1. The summed E-state index contributed by atoms with van der Waals surface area (Å²) in [7, 11) is 3.02. The molecule has 1 aromatic carbocycles. The molecule has 0 aliphatic rings. The van der Waals surface area contributed by atoms with Crippen LogP contribution in [0.3, 0.4) is 0 Å². The fourth-order valence-electron chi connectivity index (χ4n) is 2.83. The van der Waals surface area contributed by atoms with Gasteiger partial charge < -0.3 is 9.09 Å². The van der Waals surface area contributed by atoms with Gasteiger partial charge in [0.15, 0.2) is 16.9 Å². The normalized spacial score (nSPS) is 11.3. The Morgan fingerprint density at radius 1 is 1.12 bits per heavy atom. The van der Waals surface area contributed by atoms with Crippen LogP contribution in [0.4, 0.5) is 0 Å². The van der Waals surface area contributed by atoms with Gasteiger partial charge in [-0.25, -0.2) is 9.78 Å². The number of aromatic nitrogens is 5. The fourth-order valence-corrected chi connectivity index (χ4v) is 2.95. The van der Waals surface area contributed by atoms with Crippen LogP contribution in [-0.2, 0) is 20.6 Å². The molecule has 0 saturated carbocycles. The molecular weight excluding hydrogens is 358 g/mol. The number of nitrogens with zero attached hydrogens (tertiary/aromatic N) is 5. The molecule has 0 aliphatic heterocycles. The maximum Gasteiger partial charge on any atom is 0.332 e. The van der Waals surface area contributed by atoms with Crippen molar-refractivity contribution >= 4 is 22.8 Å². The fraction of sp³-hybridized carbons (Fsp3) is 0.176. The molecule has 4 rings (SSSR count). The van der Waals surface area contributed by atoms with Crippen molar-refractivity contribution in [2.45, 2.75) is 6.54 Å². The predicted octanol–water partition coefficient (Wildman–Crippen LogP) is 1.79. The van der Waals surface area contributed by atoms with Crippen molar-refractivity contribution in [2.24, 2.45) is 14.1 Å². The minimum absolute atomic E-state index is 0.293. The molecule has 0 radical (unpaired) electrons. The van der Waals surface area contributed by atoms with Gasteiger partial charge in [0.05, 0.1) is 12.9 Å². The van der Waals surface area contributed by atoms with E-state index in [9.17, 15) is 9.59 Å². The number of hydrogen-bond donors (Lipinski definition) is 0. The zero-order valence-electron chi connectivity index (χ0n) is 14.0. The minimum atomic E-state index is -0.417. The van der Waals surface area contributed by atoms with Crippen LogP contribution in [0.15, 0.2) is 50.8 Å². The first-order valence-corrected chi connectivity index (χ1v) is 8.16. The Hall–Kier alpha value is -3.13. The van der Waals surface area contributed by atoms with E-state index in [0.29, 0.717) is 34.2 Å². The Labute approximate surface area is 151 Å². The van der Waals surface area contributed by atoms with E-state index in [1.165, 1.54) is 17.9 Å². The zero-order chi connectivity index (χ0) is 18.4. The summed E-state index contributed by atoms with van der Waals surface area (Å²) >= 11 is 5.89. The van der Waals surface area contributed by atoms with E-state index in [0.717, 1.165) is 10.1 Å². The molecule has 0 saturated heterocycles. The second-order valence-electron chi connectivity index (χ2n) is 5.94. The van der Waals surface area contributed by atoms with Crippen LogP contribution < -0.4 is 11.2 Å². The monoisotopic (exact) mass is 371 g/mol. The highest BCUT2D eigenvalue weighted by Crippen LogP contribution is 2.22. The average Bonchev–Trinajstić information content (AvgIpc) is 3.26. The van der Waals surface area contributed by atoms with Crippen LogP contribution in [0.1, 0.15) is 5.69 Å². The van der Waals surface area contributed by atoms with Crippen LogP contribution in [0.25, 0.3) is 22.5 Å². The molecule has 0 atom stereocenters. The second-order valence-corrected chi connectivity index (χ2v) is 6.38. The van der Waals surface area contributed by atoms with Gasteiger partial charge in [0.2, 0.25) is 0 Å². The van der Waals surface area contributed by atoms with Crippen LogP contribution in [-0.4, -0.2) is 23.8 Å². The van der Waals surface area contributed by atoms with Gasteiger partial charge in [-0.2, -0.15) is 0 Å². The number of imidazole rings is 1. The Morgan fingerprint density at radius 3 is 2.58 bits per heavy atom. The Bertz CT molecular complexity index is 1230. The van der Waals surface area contributed by atoms with Crippen LogP contribution in [0.5, 0.6) is 0 Å². The third kappa shape index (κ3) is 2.55. The highest BCUT2D eigenvalue weighted by atomic mass is 35.5. The van der Waals surface area contributed by atoms with E-state index in [1.54, 1.807) is 29.8 Å². The first kappa shape index (κ1) is 16.3. The summed E-state index contributed by atoms with van der Waals surface area (Å²) in [5.74, 6) is 0.599. The number of rotatable bonds is 3. The largest absolute Gasteiger partial charge is 0.356 e. The molecule has 9 heteroatoms. The summed E-state index contributed by atoms with van der Waals surface area (Å²) in [6.45, 7) is 0.293. The SMILES string of the molecule is Cn1c(=O)c2c(ncn2Cc2cc(-c3ccc(Cl)cc3)on2)n(C)c1=O. The van der Waals surface area contributed by atoms with E-state index >= 15 is 0 Å². The Kier molecular flexibility index (Phi) is 3.77. The number of halogens is 1. The predicted molar refractivity (Wildman–Crippen MR) is 96.3 cm³/mol. The van der Waals surface area contributed by atoms with Gasteiger partial charge in [-0.1, -0.05) is 16.8 Å². The van der Waals surface area contributed by atoms with Gasteiger partial charge in [0.25, 0.3) is 5.56 Å². The van der Waals surface area contributed by atoms with Crippen LogP contribution >= 0.6 is 11.6 Å². The zero-order valence-corrected chi connectivity index (χ0v) is 14.8. The van der Waals surface area contributed by atoms with Gasteiger partial charge >= 0.3 is 5.69 Å². The van der Waals surface area contributed by atoms with E-state index in [1.807, 2.05) is 12.1 Å². The highest BCUT2D eigenvalue weighted by Gasteiger charge is 2.16. The Balaban J connectivity index is 1.74. The lowest BCUT2D eigenvalue weighted by atomic mass is 10.1. The first-order chi connectivity index (χ1) is 12.5. The molecule has 0 unspecified atom stereocenters. The average molecular weight is 372 g/mol. The summed E-state index contributed by atoms with van der Waals surface area (Å²) in [5.41, 5.74) is 1.33. The molecule has 3 heterocycles. The van der Waals surface area contributed by atoms with E-state index in [-0.39, 0.29) is 0 Å². The van der Waals surface area contributed by atoms with E-state index < -0.39 is 11.2 Å². The van der Waals surface area contributed by atoms with Gasteiger partial charge in [-0.05, 0) is 24.3 Å². The molecule has 0 aliphatic carbocycles. The molecule has 0 bridgehead atoms. The van der Waals surface area contributed by atoms with Crippen LogP contribution in [0.2, 0.25) is 5.02 Å². The summed E-state index contributed by atoms with van der Waals surface area (Å²) in [6, 6.07) is 9.01.